The van der Waals surface area contributed by atoms with Crippen molar-refractivity contribution in [1.82, 2.24) is 0 Å². The van der Waals surface area contributed by atoms with Crippen LogP contribution in [0.15, 0.2) is 133 Å². The molecular weight excluding hydrogens is 578 g/mol. The Kier molecular flexibility index (Phi) is 6.25. The molecule has 0 aliphatic carbocycles. The van der Waals surface area contributed by atoms with Gasteiger partial charge < -0.3 is 9.80 Å². The maximum atomic E-state index is 2.63. The molecule has 3 aliphatic heterocycles. The van der Waals surface area contributed by atoms with Gasteiger partial charge in [0.05, 0.1) is 0 Å². The summed E-state index contributed by atoms with van der Waals surface area (Å²) in [7, 11) is 0. The van der Waals surface area contributed by atoms with Crippen LogP contribution in [0.2, 0.25) is 0 Å². The van der Waals surface area contributed by atoms with Gasteiger partial charge in [-0.25, -0.2) is 0 Å². The molecule has 0 bridgehead atoms. The molecule has 0 spiro atoms. The first-order valence-electron chi connectivity index (χ1n) is 17.4. The zero-order valence-electron chi connectivity index (χ0n) is 28.8. The van der Waals surface area contributed by atoms with Gasteiger partial charge in [-0.1, -0.05) is 144 Å². The van der Waals surface area contributed by atoms with Crippen LogP contribution < -0.4 is 42.6 Å². The lowest BCUT2D eigenvalue weighted by molar-refractivity contribution is 0.590. The van der Waals surface area contributed by atoms with Crippen molar-refractivity contribution in [2.45, 2.75) is 52.4 Å². The Labute approximate surface area is 286 Å². The minimum atomic E-state index is -0.0403. The first kappa shape index (κ1) is 29.2. The molecule has 2 nitrogen and oxygen atoms in total. The van der Waals surface area contributed by atoms with Crippen LogP contribution in [0.25, 0.3) is 0 Å². The Balaban J connectivity index is 1.46. The smallest absolute Gasteiger partial charge is 0.252 e. The van der Waals surface area contributed by atoms with E-state index in [9.17, 15) is 0 Å². The van der Waals surface area contributed by atoms with Crippen molar-refractivity contribution in [1.29, 1.82) is 0 Å². The molecule has 0 saturated heterocycles. The third-order valence-electron chi connectivity index (χ3n) is 10.8. The molecule has 0 fully saturated rings. The summed E-state index contributed by atoms with van der Waals surface area (Å²) in [6, 6.07) is 50.4. The molecule has 0 aromatic heterocycles. The van der Waals surface area contributed by atoms with E-state index >= 15 is 0 Å². The largest absolute Gasteiger partial charge is 0.312 e. The van der Waals surface area contributed by atoms with Crippen molar-refractivity contribution < 1.29 is 0 Å². The Morgan fingerprint density at radius 3 is 1.48 bits per heavy atom. The molecule has 9 rings (SSSR count). The lowest BCUT2D eigenvalue weighted by Crippen LogP contribution is -2.67. The Hall–Kier alpha value is -4.95. The zero-order valence-corrected chi connectivity index (χ0v) is 28.8. The topological polar surface area (TPSA) is 6.48 Å². The maximum Gasteiger partial charge on any atom is 0.252 e. The fourth-order valence-corrected chi connectivity index (χ4v) is 8.41. The van der Waals surface area contributed by atoms with E-state index in [1.807, 2.05) is 0 Å². The summed E-state index contributed by atoms with van der Waals surface area (Å²) in [6.45, 7) is 14.4. The Morgan fingerprint density at radius 2 is 0.875 bits per heavy atom. The van der Waals surface area contributed by atoms with Crippen LogP contribution in [0, 0.1) is 0 Å². The van der Waals surface area contributed by atoms with Crippen molar-refractivity contribution >= 4 is 80.3 Å². The highest BCUT2D eigenvalue weighted by atomic mass is 15.2. The van der Waals surface area contributed by atoms with E-state index in [1.54, 1.807) is 0 Å². The lowest BCUT2D eigenvalue weighted by atomic mass is 9.29. The van der Waals surface area contributed by atoms with E-state index in [0.29, 0.717) is 0 Å². The number of anilines is 6. The summed E-state index contributed by atoms with van der Waals surface area (Å²) in [5.74, 6) is 0. The van der Waals surface area contributed by atoms with Crippen LogP contribution in [0.5, 0.6) is 0 Å². The Morgan fingerprint density at radius 1 is 0.417 bits per heavy atom. The Bertz CT molecular complexity index is 2070. The summed E-state index contributed by atoms with van der Waals surface area (Å²) < 4.78 is 0. The summed E-state index contributed by atoms with van der Waals surface area (Å²) in [5, 5.41) is 0. The highest BCUT2D eigenvalue weighted by molar-refractivity contribution is 7.03. The summed E-state index contributed by atoms with van der Waals surface area (Å²) in [4.78, 5) is 5.15. The molecule has 3 aliphatic rings. The average molecular weight is 618 g/mol. The number of para-hydroxylation sites is 3. The van der Waals surface area contributed by atoms with Crippen LogP contribution in [0.3, 0.4) is 0 Å². The van der Waals surface area contributed by atoms with E-state index in [0.717, 1.165) is 0 Å². The fourth-order valence-electron chi connectivity index (χ4n) is 8.41. The van der Waals surface area contributed by atoms with Gasteiger partial charge in [-0.15, -0.1) is 0 Å². The van der Waals surface area contributed by atoms with Crippen molar-refractivity contribution in [2.24, 2.45) is 0 Å². The minimum Gasteiger partial charge on any atom is -0.312 e. The van der Waals surface area contributed by atoms with Gasteiger partial charge in [0.1, 0.15) is 0 Å². The second-order valence-electron chi connectivity index (χ2n) is 15.8. The van der Waals surface area contributed by atoms with Crippen LogP contribution in [-0.2, 0) is 10.8 Å². The van der Waals surface area contributed by atoms with E-state index in [4.69, 9.17) is 0 Å². The highest BCUT2D eigenvalue weighted by Crippen LogP contribution is 2.46. The van der Waals surface area contributed by atoms with Crippen LogP contribution >= 0.6 is 0 Å². The third kappa shape index (κ3) is 4.21. The molecule has 0 N–H and O–H groups in total. The van der Waals surface area contributed by atoms with Crippen LogP contribution in [-0.4, -0.2) is 13.4 Å². The quantitative estimate of drug-likeness (QED) is 0.189. The molecule has 0 saturated carbocycles. The standard InChI is InChI=1S/C44H40B2N2/c1-43(2,3)29-25-35-42-36(26-29)46-34-22-14-15-23-37(34)47(32-19-11-8-12-20-32)39-27-30(44(4,5)6)28-40(41(39)46)48(42)38-24-16-13-21-33(38)45(35)31-17-9-7-10-18-31/h7-28H,1-6H3. The van der Waals surface area contributed by atoms with Crippen LogP contribution in [0.4, 0.5) is 34.1 Å². The monoisotopic (exact) mass is 618 g/mol. The van der Waals surface area contributed by atoms with Gasteiger partial charge in [0.15, 0.2) is 0 Å². The third-order valence-corrected chi connectivity index (χ3v) is 10.8. The molecule has 4 heteroatoms. The van der Waals surface area contributed by atoms with E-state index < -0.39 is 0 Å². The predicted molar refractivity (Wildman–Crippen MR) is 209 cm³/mol. The fraction of sp³-hybridized carbons (Fsp3) is 0.182. The van der Waals surface area contributed by atoms with Gasteiger partial charge >= 0.3 is 0 Å². The van der Waals surface area contributed by atoms with E-state index in [2.05, 4.69) is 185 Å². The summed E-state index contributed by atoms with van der Waals surface area (Å²) >= 11 is 0. The molecule has 6 aromatic carbocycles. The van der Waals surface area contributed by atoms with E-state index in [-0.39, 0.29) is 24.3 Å². The number of benzene rings is 6. The van der Waals surface area contributed by atoms with Crippen molar-refractivity contribution in [3.63, 3.8) is 0 Å². The number of hydrogen-bond donors (Lipinski definition) is 0. The second kappa shape index (κ2) is 10.3. The zero-order chi connectivity index (χ0) is 32.9. The highest BCUT2D eigenvalue weighted by Gasteiger charge is 2.48. The summed E-state index contributed by atoms with van der Waals surface area (Å²) in [6.07, 6.45) is 0. The minimum absolute atomic E-state index is 0.0159. The molecular formula is C44H40B2N2. The molecule has 0 atom stereocenters. The molecule has 0 amide bonds. The average Bonchev–Trinajstić information content (AvgIpc) is 3.08. The number of nitrogens with zero attached hydrogens (tertiary/aromatic N) is 2. The van der Waals surface area contributed by atoms with Crippen LogP contribution in [0.1, 0.15) is 52.7 Å². The number of fused-ring (bicyclic) bond motifs is 6. The van der Waals surface area contributed by atoms with Gasteiger partial charge in [-0.2, -0.15) is 0 Å². The van der Waals surface area contributed by atoms with Crippen molar-refractivity contribution in [3.05, 3.63) is 145 Å². The normalized spacial score (nSPS) is 14.3. The molecule has 232 valence electrons. The molecule has 6 aromatic rings. The lowest BCUT2D eigenvalue weighted by Gasteiger charge is -2.48. The molecule has 48 heavy (non-hydrogen) atoms. The van der Waals surface area contributed by atoms with E-state index in [1.165, 1.54) is 78.0 Å². The summed E-state index contributed by atoms with van der Waals surface area (Å²) in [5.41, 5.74) is 18.6. The van der Waals surface area contributed by atoms with Crippen molar-refractivity contribution in [2.75, 3.05) is 9.80 Å². The van der Waals surface area contributed by atoms with Gasteiger partial charge in [0, 0.05) is 34.1 Å². The number of rotatable bonds is 2. The molecule has 0 radical (unpaired) electrons. The first-order chi connectivity index (χ1) is 23.1. The first-order valence-corrected chi connectivity index (χ1v) is 17.4. The predicted octanol–water partition coefficient (Wildman–Crippen LogP) is 7.19. The molecule has 0 unspecified atom stereocenters. The number of hydrogen-bond acceptors (Lipinski definition) is 2. The maximum absolute atomic E-state index is 2.63. The van der Waals surface area contributed by atoms with Gasteiger partial charge in [-0.05, 0) is 85.7 Å². The van der Waals surface area contributed by atoms with Gasteiger partial charge in [0.25, 0.3) is 6.71 Å². The van der Waals surface area contributed by atoms with Gasteiger partial charge in [0.2, 0.25) is 6.71 Å². The van der Waals surface area contributed by atoms with Crippen molar-refractivity contribution in [3.8, 4) is 0 Å². The van der Waals surface area contributed by atoms with Gasteiger partial charge in [-0.3, -0.25) is 0 Å². The second-order valence-corrected chi connectivity index (χ2v) is 15.8. The molecule has 3 heterocycles. The SMILES string of the molecule is CC(C)(C)c1cc2c3c(c1)B1c4ccccc4N(c4ccccc4)c4cc(C(C)(C)C)cc(c41)N3c1ccccc1B2c1ccccc1.